The Balaban J connectivity index is 2.42. The molecule has 0 radical (unpaired) electrons. The molecule has 2 atom stereocenters. The Morgan fingerprint density at radius 3 is 2.70 bits per heavy atom. The van der Waals surface area contributed by atoms with E-state index in [1.54, 1.807) is 0 Å². The number of ether oxygens (including phenoxy) is 1. The first-order chi connectivity index (χ1) is 4.75. The number of nitrogens with zero attached hydrogens (tertiary/aromatic N) is 1. The number of hydrogen-bond donors (Lipinski definition) is 1. The Labute approximate surface area is 62.1 Å². The van der Waals surface area contributed by atoms with Gasteiger partial charge in [0.25, 0.3) is 0 Å². The van der Waals surface area contributed by atoms with Gasteiger partial charge in [-0.25, -0.2) is 0 Å². The van der Waals surface area contributed by atoms with Gasteiger partial charge < -0.3 is 15.4 Å². The molecule has 1 aliphatic rings. The molecule has 1 fully saturated rings. The smallest absolute Gasteiger partial charge is 0.0852 e. The maximum atomic E-state index is 5.51. The molecule has 2 N–H and O–H groups in total. The topological polar surface area (TPSA) is 38.5 Å². The fourth-order valence-corrected chi connectivity index (χ4v) is 1.45. The highest BCUT2D eigenvalue weighted by Crippen LogP contribution is 2.15. The lowest BCUT2D eigenvalue weighted by atomic mass is 10.1. The summed E-state index contributed by atoms with van der Waals surface area (Å²) in [5.74, 6) is 0. The lowest BCUT2D eigenvalue weighted by molar-refractivity contribution is 0.0834. The monoisotopic (exact) mass is 144 g/mol. The molecule has 0 aromatic heterocycles. The Bertz CT molecular complexity index is 106. The third-order valence-corrected chi connectivity index (χ3v) is 2.07. The van der Waals surface area contributed by atoms with E-state index in [4.69, 9.17) is 10.5 Å². The van der Waals surface area contributed by atoms with Gasteiger partial charge >= 0.3 is 0 Å². The minimum atomic E-state index is 0.259. The van der Waals surface area contributed by atoms with Gasteiger partial charge in [0, 0.05) is 19.2 Å². The molecule has 1 saturated heterocycles. The Morgan fingerprint density at radius 1 is 1.60 bits per heavy atom. The molecule has 0 aromatic rings. The predicted octanol–water partition coefficient (Wildman–Crippen LogP) is -0.336. The van der Waals surface area contributed by atoms with Crippen molar-refractivity contribution in [3.05, 3.63) is 0 Å². The molecule has 0 unspecified atom stereocenters. The van der Waals surface area contributed by atoms with Gasteiger partial charge in [0.15, 0.2) is 0 Å². The van der Waals surface area contributed by atoms with E-state index in [1.807, 2.05) is 0 Å². The van der Waals surface area contributed by atoms with Crippen LogP contribution in [0.4, 0.5) is 0 Å². The average molecular weight is 144 g/mol. The van der Waals surface area contributed by atoms with Crippen molar-refractivity contribution in [2.24, 2.45) is 5.73 Å². The zero-order valence-electron chi connectivity index (χ0n) is 6.71. The number of likely N-dealkylation sites (N-methyl/N-ethyl adjacent to an activating group) is 1. The molecule has 1 rings (SSSR count). The standard InChI is InChI=1S/C7H16N2O/c1-9(2)6-3-4-10-7(6)5-8/h6-7H,3-5,8H2,1-2H3/t6-,7-/m0/s1. The van der Waals surface area contributed by atoms with Gasteiger partial charge in [-0.2, -0.15) is 0 Å². The minimum absolute atomic E-state index is 0.259. The van der Waals surface area contributed by atoms with Crippen molar-refractivity contribution in [2.45, 2.75) is 18.6 Å². The van der Waals surface area contributed by atoms with E-state index in [0.717, 1.165) is 13.0 Å². The molecule has 3 nitrogen and oxygen atoms in total. The quantitative estimate of drug-likeness (QED) is 0.576. The van der Waals surface area contributed by atoms with E-state index in [-0.39, 0.29) is 6.10 Å². The van der Waals surface area contributed by atoms with Crippen molar-refractivity contribution >= 4 is 0 Å². The normalized spacial score (nSPS) is 33.6. The molecule has 0 bridgehead atoms. The number of rotatable bonds is 2. The van der Waals surface area contributed by atoms with E-state index >= 15 is 0 Å². The van der Waals surface area contributed by atoms with Crippen molar-refractivity contribution in [1.82, 2.24) is 4.90 Å². The molecule has 10 heavy (non-hydrogen) atoms. The maximum absolute atomic E-state index is 5.51. The van der Waals surface area contributed by atoms with Gasteiger partial charge in [0.1, 0.15) is 0 Å². The van der Waals surface area contributed by atoms with Crippen LogP contribution in [-0.4, -0.2) is 44.3 Å². The summed E-state index contributed by atoms with van der Waals surface area (Å²) in [7, 11) is 4.14. The fourth-order valence-electron chi connectivity index (χ4n) is 1.45. The maximum Gasteiger partial charge on any atom is 0.0852 e. The molecule has 60 valence electrons. The Kier molecular flexibility index (Phi) is 2.65. The number of hydrogen-bond acceptors (Lipinski definition) is 3. The highest BCUT2D eigenvalue weighted by molar-refractivity contribution is 4.82. The summed E-state index contributed by atoms with van der Waals surface area (Å²) in [5, 5.41) is 0. The SMILES string of the molecule is CN(C)[C@H]1CCO[C@H]1CN. The van der Waals surface area contributed by atoms with E-state index in [1.165, 1.54) is 0 Å². The third kappa shape index (κ3) is 1.48. The highest BCUT2D eigenvalue weighted by atomic mass is 16.5. The van der Waals surface area contributed by atoms with E-state index in [0.29, 0.717) is 12.6 Å². The predicted molar refractivity (Wildman–Crippen MR) is 40.9 cm³/mol. The Hall–Kier alpha value is -0.120. The van der Waals surface area contributed by atoms with Gasteiger partial charge in [-0.3, -0.25) is 0 Å². The summed E-state index contributed by atoms with van der Waals surface area (Å²) < 4.78 is 5.41. The Morgan fingerprint density at radius 2 is 2.30 bits per heavy atom. The second-order valence-corrected chi connectivity index (χ2v) is 2.96. The lowest BCUT2D eigenvalue weighted by Crippen LogP contribution is -2.39. The molecular weight excluding hydrogens is 128 g/mol. The van der Waals surface area contributed by atoms with Crippen LogP contribution in [0.3, 0.4) is 0 Å². The molecule has 1 heterocycles. The van der Waals surface area contributed by atoms with E-state index in [9.17, 15) is 0 Å². The first-order valence-corrected chi connectivity index (χ1v) is 3.74. The third-order valence-electron chi connectivity index (χ3n) is 2.07. The molecule has 0 saturated carbocycles. The molecule has 0 spiro atoms. The highest BCUT2D eigenvalue weighted by Gasteiger charge is 2.28. The van der Waals surface area contributed by atoms with E-state index in [2.05, 4.69) is 19.0 Å². The zero-order valence-corrected chi connectivity index (χ0v) is 6.71. The average Bonchev–Trinajstić information content (AvgIpc) is 2.33. The lowest BCUT2D eigenvalue weighted by Gasteiger charge is -2.23. The van der Waals surface area contributed by atoms with Crippen molar-refractivity contribution < 1.29 is 4.74 Å². The van der Waals surface area contributed by atoms with Crippen LogP contribution >= 0.6 is 0 Å². The summed E-state index contributed by atoms with van der Waals surface area (Å²) in [6.07, 6.45) is 1.38. The van der Waals surface area contributed by atoms with Crippen LogP contribution in [0.25, 0.3) is 0 Å². The second kappa shape index (κ2) is 3.32. The summed E-state index contributed by atoms with van der Waals surface area (Å²) in [4.78, 5) is 2.19. The van der Waals surface area contributed by atoms with Crippen LogP contribution in [0.5, 0.6) is 0 Å². The van der Waals surface area contributed by atoms with E-state index < -0.39 is 0 Å². The molecule has 3 heteroatoms. The van der Waals surface area contributed by atoms with Crippen LogP contribution in [-0.2, 0) is 4.74 Å². The van der Waals surface area contributed by atoms with Crippen LogP contribution in [0.1, 0.15) is 6.42 Å². The van der Waals surface area contributed by atoms with Crippen molar-refractivity contribution in [2.75, 3.05) is 27.2 Å². The zero-order chi connectivity index (χ0) is 7.56. The van der Waals surface area contributed by atoms with Crippen molar-refractivity contribution in [3.8, 4) is 0 Å². The van der Waals surface area contributed by atoms with Crippen molar-refractivity contribution in [3.63, 3.8) is 0 Å². The van der Waals surface area contributed by atoms with Gasteiger partial charge in [-0.15, -0.1) is 0 Å². The summed E-state index contributed by atoms with van der Waals surface area (Å²) in [6, 6.07) is 0.532. The fraction of sp³-hybridized carbons (Fsp3) is 1.00. The summed E-state index contributed by atoms with van der Waals surface area (Å²) in [6.45, 7) is 1.51. The summed E-state index contributed by atoms with van der Waals surface area (Å²) >= 11 is 0. The molecule has 0 aliphatic carbocycles. The van der Waals surface area contributed by atoms with Gasteiger partial charge in [-0.1, -0.05) is 0 Å². The largest absolute Gasteiger partial charge is 0.375 e. The van der Waals surface area contributed by atoms with Crippen LogP contribution in [0.2, 0.25) is 0 Å². The molecular formula is C7H16N2O. The minimum Gasteiger partial charge on any atom is -0.375 e. The second-order valence-electron chi connectivity index (χ2n) is 2.96. The van der Waals surface area contributed by atoms with Gasteiger partial charge in [0.05, 0.1) is 6.10 Å². The first-order valence-electron chi connectivity index (χ1n) is 3.74. The summed E-state index contributed by atoms with van der Waals surface area (Å²) in [5.41, 5.74) is 5.51. The van der Waals surface area contributed by atoms with Crippen LogP contribution in [0.15, 0.2) is 0 Å². The molecule has 0 amide bonds. The van der Waals surface area contributed by atoms with Gasteiger partial charge in [0.2, 0.25) is 0 Å². The van der Waals surface area contributed by atoms with Crippen LogP contribution in [0, 0.1) is 0 Å². The molecule has 1 aliphatic heterocycles. The van der Waals surface area contributed by atoms with Crippen molar-refractivity contribution in [1.29, 1.82) is 0 Å². The van der Waals surface area contributed by atoms with Crippen LogP contribution < -0.4 is 5.73 Å². The molecule has 0 aromatic carbocycles. The number of nitrogens with two attached hydrogens (primary N) is 1. The van der Waals surface area contributed by atoms with Gasteiger partial charge in [-0.05, 0) is 20.5 Å². The first kappa shape index (κ1) is 7.98.